The molecule has 4 nitrogen and oxygen atoms in total. The highest BCUT2D eigenvalue weighted by Crippen LogP contribution is 2.35. The summed E-state index contributed by atoms with van der Waals surface area (Å²) in [4.78, 5) is 0.0394. The number of benzene rings is 1. The highest BCUT2D eigenvalue weighted by Gasteiger charge is 2.25. The van der Waals surface area contributed by atoms with E-state index in [1.165, 1.54) is 17.4 Å². The van der Waals surface area contributed by atoms with E-state index in [1.807, 2.05) is 31.2 Å². The quantitative estimate of drug-likeness (QED) is 0.752. The van der Waals surface area contributed by atoms with Gasteiger partial charge in [-0.25, -0.2) is 8.42 Å². The molecule has 2 rings (SSSR count). The smallest absolute Gasteiger partial charge is 0.245 e. The molecule has 1 aromatic heterocycles. The minimum Gasteiger partial charge on any atom is -0.494 e. The number of ether oxygens (including phenoxy) is 1. The van der Waals surface area contributed by atoms with E-state index in [0.29, 0.717) is 10.9 Å². The normalized spacial score (nSPS) is 11.9. The van der Waals surface area contributed by atoms with Crippen LogP contribution in [-0.2, 0) is 16.6 Å². The molecule has 0 N–H and O–H groups in total. The van der Waals surface area contributed by atoms with Gasteiger partial charge in [0.15, 0.2) is 0 Å². The van der Waals surface area contributed by atoms with Gasteiger partial charge in [-0.15, -0.1) is 11.3 Å². The van der Waals surface area contributed by atoms with Crippen LogP contribution >= 0.6 is 34.5 Å². The molecule has 0 spiro atoms. The predicted octanol–water partition coefficient (Wildman–Crippen LogP) is 4.27. The summed E-state index contributed by atoms with van der Waals surface area (Å²) in [6, 6.07) is 8.67. The first-order chi connectivity index (χ1) is 10.3. The number of sulfonamides is 1. The van der Waals surface area contributed by atoms with Crippen LogP contribution in [0.3, 0.4) is 0 Å². The zero-order valence-electron chi connectivity index (χ0n) is 12.0. The summed E-state index contributed by atoms with van der Waals surface area (Å²) in [5, 5.41) is 0. The van der Waals surface area contributed by atoms with Gasteiger partial charge in [-0.2, -0.15) is 4.31 Å². The summed E-state index contributed by atoms with van der Waals surface area (Å²) in [7, 11) is -2.16. The number of nitrogens with zero attached hydrogens (tertiary/aromatic N) is 1. The molecule has 0 saturated carbocycles. The molecule has 8 heteroatoms. The van der Waals surface area contributed by atoms with Gasteiger partial charge in [-0.05, 0) is 30.7 Å². The molecule has 0 fully saturated rings. The second kappa shape index (κ2) is 7.19. The van der Waals surface area contributed by atoms with Crippen molar-refractivity contribution < 1.29 is 13.2 Å². The Morgan fingerprint density at radius 2 is 1.86 bits per heavy atom. The molecule has 0 unspecified atom stereocenters. The lowest BCUT2D eigenvalue weighted by Gasteiger charge is -2.17. The van der Waals surface area contributed by atoms with Gasteiger partial charge in [-0.3, -0.25) is 0 Å². The van der Waals surface area contributed by atoms with Crippen molar-refractivity contribution in [3.05, 3.63) is 44.6 Å². The van der Waals surface area contributed by atoms with Gasteiger partial charge in [0.05, 0.1) is 10.9 Å². The Morgan fingerprint density at radius 1 is 1.23 bits per heavy atom. The summed E-state index contributed by atoms with van der Waals surface area (Å²) >= 11 is 12.8. The molecule has 0 amide bonds. The lowest BCUT2D eigenvalue weighted by Crippen LogP contribution is -2.26. The molecule has 1 aromatic carbocycles. The van der Waals surface area contributed by atoms with Crippen LogP contribution < -0.4 is 4.74 Å². The van der Waals surface area contributed by atoms with E-state index in [-0.39, 0.29) is 15.8 Å². The molecule has 0 aliphatic carbocycles. The minimum atomic E-state index is -3.67. The Balaban J connectivity index is 2.17. The van der Waals surface area contributed by atoms with E-state index in [4.69, 9.17) is 27.9 Å². The first-order valence-electron chi connectivity index (χ1n) is 6.47. The Kier molecular flexibility index (Phi) is 5.74. The summed E-state index contributed by atoms with van der Waals surface area (Å²) in [5.74, 6) is 0.754. The maximum absolute atomic E-state index is 12.5. The fourth-order valence-corrected chi connectivity index (χ4v) is 5.14. The molecule has 2 aromatic rings. The highest BCUT2D eigenvalue weighted by atomic mass is 35.5. The molecule has 0 aliphatic rings. The van der Waals surface area contributed by atoms with E-state index in [0.717, 1.165) is 22.6 Å². The van der Waals surface area contributed by atoms with Gasteiger partial charge in [0.25, 0.3) is 0 Å². The van der Waals surface area contributed by atoms with Crippen molar-refractivity contribution in [2.24, 2.45) is 0 Å². The number of thiophene rings is 1. The van der Waals surface area contributed by atoms with Crippen LogP contribution in [0.5, 0.6) is 5.75 Å². The van der Waals surface area contributed by atoms with Crippen molar-refractivity contribution in [1.82, 2.24) is 4.31 Å². The Bertz CT molecular complexity index is 742. The van der Waals surface area contributed by atoms with Crippen LogP contribution in [0.1, 0.15) is 12.5 Å². The average Bonchev–Trinajstić information content (AvgIpc) is 2.81. The number of hydrogen-bond donors (Lipinski definition) is 0. The molecule has 0 bridgehead atoms. The van der Waals surface area contributed by atoms with Gasteiger partial charge >= 0.3 is 0 Å². The summed E-state index contributed by atoms with van der Waals surface area (Å²) in [6.07, 6.45) is 0. The topological polar surface area (TPSA) is 46.6 Å². The zero-order valence-corrected chi connectivity index (χ0v) is 15.2. The standard InChI is InChI=1S/C14H15Cl2NO3S2/c1-3-20-11-6-4-10(5-7-11)9-17(2)22(18,19)12-8-13(15)21-14(12)16/h4-8H,3,9H2,1-2H3. The van der Waals surface area contributed by atoms with E-state index >= 15 is 0 Å². The SMILES string of the molecule is CCOc1ccc(CN(C)S(=O)(=O)c2cc(Cl)sc2Cl)cc1. The van der Waals surface area contributed by atoms with Crippen molar-refractivity contribution in [1.29, 1.82) is 0 Å². The molecule has 0 saturated heterocycles. The molecule has 0 radical (unpaired) electrons. The molecule has 22 heavy (non-hydrogen) atoms. The van der Waals surface area contributed by atoms with E-state index in [2.05, 4.69) is 0 Å². The van der Waals surface area contributed by atoms with Crippen molar-refractivity contribution in [2.75, 3.05) is 13.7 Å². The Hall–Kier alpha value is -0.790. The largest absolute Gasteiger partial charge is 0.494 e. The lowest BCUT2D eigenvalue weighted by molar-refractivity contribution is 0.340. The monoisotopic (exact) mass is 379 g/mol. The van der Waals surface area contributed by atoms with Crippen LogP contribution in [0.2, 0.25) is 8.67 Å². The third-order valence-corrected chi connectivity index (χ3v) is 6.51. The van der Waals surface area contributed by atoms with Crippen molar-refractivity contribution in [2.45, 2.75) is 18.4 Å². The summed E-state index contributed by atoms with van der Waals surface area (Å²) < 4.78 is 32.1. The number of rotatable bonds is 6. The Morgan fingerprint density at radius 3 is 2.36 bits per heavy atom. The van der Waals surface area contributed by atoms with Crippen LogP contribution in [-0.4, -0.2) is 26.4 Å². The van der Waals surface area contributed by atoms with Gasteiger partial charge < -0.3 is 4.74 Å². The maximum atomic E-state index is 12.5. The van der Waals surface area contributed by atoms with Gasteiger partial charge in [0.2, 0.25) is 10.0 Å². The molecular formula is C14H15Cl2NO3S2. The minimum absolute atomic E-state index is 0.0394. The summed E-state index contributed by atoms with van der Waals surface area (Å²) in [5.41, 5.74) is 0.854. The second-order valence-electron chi connectivity index (χ2n) is 4.53. The van der Waals surface area contributed by atoms with Crippen molar-refractivity contribution in [3.8, 4) is 5.75 Å². The van der Waals surface area contributed by atoms with Crippen LogP contribution in [0.25, 0.3) is 0 Å². The van der Waals surface area contributed by atoms with Crippen LogP contribution in [0.15, 0.2) is 35.2 Å². The second-order valence-corrected chi connectivity index (χ2v) is 8.83. The van der Waals surface area contributed by atoms with Crippen LogP contribution in [0.4, 0.5) is 0 Å². The van der Waals surface area contributed by atoms with Crippen molar-refractivity contribution >= 4 is 44.6 Å². The maximum Gasteiger partial charge on any atom is 0.245 e. The summed E-state index contributed by atoms with van der Waals surface area (Å²) in [6.45, 7) is 2.73. The van der Waals surface area contributed by atoms with Gasteiger partial charge in [0.1, 0.15) is 15.0 Å². The fourth-order valence-electron chi connectivity index (χ4n) is 1.87. The van der Waals surface area contributed by atoms with Crippen LogP contribution in [0, 0.1) is 0 Å². The number of hydrogen-bond acceptors (Lipinski definition) is 4. The highest BCUT2D eigenvalue weighted by molar-refractivity contribution is 7.89. The molecule has 1 heterocycles. The first kappa shape index (κ1) is 17.6. The zero-order chi connectivity index (χ0) is 16.3. The molecule has 0 atom stereocenters. The van der Waals surface area contributed by atoms with Gasteiger partial charge in [0, 0.05) is 13.6 Å². The average molecular weight is 380 g/mol. The lowest BCUT2D eigenvalue weighted by atomic mass is 10.2. The van der Waals surface area contributed by atoms with Gasteiger partial charge in [-0.1, -0.05) is 35.3 Å². The molecule has 0 aliphatic heterocycles. The van der Waals surface area contributed by atoms with Crippen molar-refractivity contribution in [3.63, 3.8) is 0 Å². The third kappa shape index (κ3) is 3.94. The van der Waals surface area contributed by atoms with E-state index in [9.17, 15) is 8.42 Å². The van der Waals surface area contributed by atoms with E-state index < -0.39 is 10.0 Å². The third-order valence-electron chi connectivity index (χ3n) is 2.95. The first-order valence-corrected chi connectivity index (χ1v) is 9.48. The van der Waals surface area contributed by atoms with E-state index in [1.54, 1.807) is 0 Å². The molecule has 120 valence electrons. The molecular weight excluding hydrogens is 365 g/mol. The number of halogens is 2. The fraction of sp³-hybridized carbons (Fsp3) is 0.286. The predicted molar refractivity (Wildman–Crippen MR) is 90.6 cm³/mol. The Labute approximate surface area is 144 Å².